The topological polar surface area (TPSA) is 110 Å². The Labute approximate surface area is 258 Å². The molecular weight excluding hydrogens is 548 g/mol. The molecule has 9 nitrogen and oxygen atoms in total. The lowest BCUT2D eigenvalue weighted by atomic mass is 9.78. The van der Waals surface area contributed by atoms with E-state index in [0.717, 1.165) is 17.7 Å². The van der Waals surface area contributed by atoms with Crippen molar-refractivity contribution in [1.82, 2.24) is 9.80 Å². The minimum Gasteiger partial charge on any atom is -0.444 e. The van der Waals surface area contributed by atoms with Gasteiger partial charge in [0.2, 0.25) is 5.91 Å². The molecule has 2 unspecified atom stereocenters. The third-order valence-electron chi connectivity index (χ3n) is 7.46. The Kier molecular flexibility index (Phi) is 12.9. The third-order valence-corrected chi connectivity index (χ3v) is 7.46. The summed E-state index contributed by atoms with van der Waals surface area (Å²) < 4.78 is 10.7. The van der Waals surface area contributed by atoms with Crippen molar-refractivity contribution in [3.05, 3.63) is 50.6 Å². The van der Waals surface area contributed by atoms with Crippen LogP contribution in [0.2, 0.25) is 0 Å². The molecular formula is C34H52N2O7. The van der Waals surface area contributed by atoms with Gasteiger partial charge in [0.15, 0.2) is 11.6 Å². The Morgan fingerprint density at radius 3 is 1.53 bits per heavy atom. The van der Waals surface area contributed by atoms with Crippen LogP contribution in [0.5, 0.6) is 0 Å². The predicted octanol–water partition coefficient (Wildman–Crippen LogP) is 6.97. The molecule has 9 heteroatoms. The molecule has 240 valence electrons. The summed E-state index contributed by atoms with van der Waals surface area (Å²) in [7, 11) is 0. The van der Waals surface area contributed by atoms with E-state index in [-0.39, 0.29) is 29.3 Å². The maximum absolute atomic E-state index is 12.8. The van der Waals surface area contributed by atoms with Crippen molar-refractivity contribution in [2.24, 2.45) is 10.8 Å². The first-order valence-electron chi connectivity index (χ1n) is 14.7. The molecule has 2 saturated heterocycles. The lowest BCUT2D eigenvalue weighted by Gasteiger charge is -2.29. The zero-order chi connectivity index (χ0) is 33.4. The Bertz CT molecular complexity index is 1090. The van der Waals surface area contributed by atoms with Crippen molar-refractivity contribution in [2.75, 3.05) is 6.54 Å². The Balaban J connectivity index is 0.000000430. The number of imide groups is 1. The number of allylic oxidation sites excluding steroid dienone is 4. The Morgan fingerprint density at radius 2 is 1.16 bits per heavy atom. The van der Waals surface area contributed by atoms with E-state index < -0.39 is 40.9 Å². The van der Waals surface area contributed by atoms with Crippen LogP contribution in [0.1, 0.15) is 93.9 Å². The van der Waals surface area contributed by atoms with Crippen LogP contribution >= 0.6 is 0 Å². The highest BCUT2D eigenvalue weighted by Crippen LogP contribution is 2.44. The number of ether oxygens (including phenoxy) is 2. The van der Waals surface area contributed by atoms with Gasteiger partial charge in [0.1, 0.15) is 17.2 Å². The summed E-state index contributed by atoms with van der Waals surface area (Å²) in [6, 6.07) is -1.21. The van der Waals surface area contributed by atoms with Crippen LogP contribution in [0, 0.1) is 10.8 Å². The van der Waals surface area contributed by atoms with Gasteiger partial charge in [-0.1, -0.05) is 24.3 Å². The molecule has 0 N–H and O–H groups in total. The number of ketones is 2. The van der Waals surface area contributed by atoms with Gasteiger partial charge in [-0.3, -0.25) is 19.3 Å². The van der Waals surface area contributed by atoms with Crippen molar-refractivity contribution in [1.29, 1.82) is 0 Å². The van der Waals surface area contributed by atoms with Crippen molar-refractivity contribution in [3.8, 4) is 0 Å². The second-order valence-corrected chi connectivity index (χ2v) is 13.7. The van der Waals surface area contributed by atoms with Gasteiger partial charge in [-0.15, -0.1) is 26.3 Å². The van der Waals surface area contributed by atoms with E-state index in [2.05, 4.69) is 26.3 Å². The molecule has 0 aromatic heterocycles. The fourth-order valence-corrected chi connectivity index (χ4v) is 5.69. The number of nitrogens with zero attached hydrogens (tertiary/aromatic N) is 2. The zero-order valence-electron chi connectivity index (χ0n) is 27.5. The summed E-state index contributed by atoms with van der Waals surface area (Å²) >= 11 is 0. The van der Waals surface area contributed by atoms with Gasteiger partial charge in [-0.2, -0.15) is 0 Å². The average molecular weight is 601 g/mol. The van der Waals surface area contributed by atoms with Gasteiger partial charge in [-0.05, 0) is 99.3 Å². The largest absolute Gasteiger partial charge is 0.444 e. The maximum Gasteiger partial charge on any atom is 0.417 e. The standard InChI is InChI=1S/C17H25NO4.C17H27NO3/c1-7-9-17(10-8-2)11-13(12(3)19)18(14(17)20)15(21)22-16(4,5)6;1-7-9-17(10-8-2)11-14(13(3)19)18(12-17)15(20)21-16(4,5)6/h7-8,13H,1-2,9-11H2,3-6H3;7-8,14H,1-2,9-12H2,3-6H3. The van der Waals surface area contributed by atoms with E-state index in [9.17, 15) is 24.0 Å². The fraction of sp³-hybridized carbons (Fsp3) is 0.618. The van der Waals surface area contributed by atoms with Gasteiger partial charge < -0.3 is 9.47 Å². The molecule has 2 aliphatic heterocycles. The van der Waals surface area contributed by atoms with E-state index >= 15 is 0 Å². The third kappa shape index (κ3) is 10.0. The first-order valence-corrected chi connectivity index (χ1v) is 14.7. The fourth-order valence-electron chi connectivity index (χ4n) is 5.69. The van der Waals surface area contributed by atoms with Crippen LogP contribution in [-0.4, -0.2) is 69.3 Å². The molecule has 0 bridgehead atoms. The molecule has 0 spiro atoms. The van der Waals surface area contributed by atoms with E-state index in [0.29, 0.717) is 25.8 Å². The van der Waals surface area contributed by atoms with Crippen LogP contribution < -0.4 is 0 Å². The second kappa shape index (κ2) is 14.8. The number of hydrogen-bond acceptors (Lipinski definition) is 7. The number of rotatable bonds is 10. The highest BCUT2D eigenvalue weighted by atomic mass is 16.6. The number of carbonyl (C=O) groups is 5. The average Bonchev–Trinajstić information content (AvgIpc) is 3.35. The first-order chi connectivity index (χ1) is 19.7. The van der Waals surface area contributed by atoms with Crippen molar-refractivity contribution < 1.29 is 33.4 Å². The van der Waals surface area contributed by atoms with E-state index in [4.69, 9.17) is 9.47 Å². The first kappa shape index (κ1) is 37.5. The van der Waals surface area contributed by atoms with Crippen molar-refractivity contribution in [2.45, 2.75) is 117 Å². The normalized spacial score (nSPS) is 20.8. The monoisotopic (exact) mass is 600 g/mol. The number of carbonyl (C=O) groups excluding carboxylic acids is 5. The van der Waals surface area contributed by atoms with E-state index in [1.807, 2.05) is 32.9 Å². The zero-order valence-corrected chi connectivity index (χ0v) is 27.5. The minimum absolute atomic E-state index is 0.00383. The van der Waals surface area contributed by atoms with Gasteiger partial charge in [0, 0.05) is 6.54 Å². The summed E-state index contributed by atoms with van der Waals surface area (Å²) in [5.41, 5.74) is -2.30. The van der Waals surface area contributed by atoms with Crippen LogP contribution in [0.3, 0.4) is 0 Å². The molecule has 43 heavy (non-hydrogen) atoms. The molecule has 2 fully saturated rings. The molecule has 2 aliphatic rings. The summed E-state index contributed by atoms with van der Waals surface area (Å²) in [6.45, 7) is 29.0. The quantitative estimate of drug-likeness (QED) is 0.249. The van der Waals surface area contributed by atoms with Gasteiger partial charge in [-0.25, -0.2) is 14.5 Å². The van der Waals surface area contributed by atoms with E-state index in [1.165, 1.54) is 13.8 Å². The Morgan fingerprint density at radius 1 is 0.744 bits per heavy atom. The molecule has 0 aliphatic carbocycles. The maximum atomic E-state index is 12.8. The van der Waals surface area contributed by atoms with Gasteiger partial charge in [0.25, 0.3) is 0 Å². The van der Waals surface area contributed by atoms with E-state index in [1.54, 1.807) is 37.8 Å². The SMILES string of the molecule is C=CCC1(CC=C)CC(C(C)=O)N(C(=O)OC(C)(C)C)C1.C=CCC1(CC=C)CC(C(C)=O)N(C(=O)OC(C)(C)C)C1=O. The molecule has 2 heterocycles. The summed E-state index contributed by atoms with van der Waals surface area (Å²) in [5.74, 6) is -0.619. The summed E-state index contributed by atoms with van der Waals surface area (Å²) in [6.07, 6.45) is 8.97. The Hall–Kier alpha value is -3.49. The minimum atomic E-state index is -0.837. The lowest BCUT2D eigenvalue weighted by Crippen LogP contribution is -2.46. The van der Waals surface area contributed by atoms with Gasteiger partial charge in [0.05, 0.1) is 11.5 Å². The van der Waals surface area contributed by atoms with Crippen molar-refractivity contribution >= 4 is 29.7 Å². The lowest BCUT2D eigenvalue weighted by molar-refractivity contribution is -0.137. The number of Topliss-reactive ketones (excluding diaryl/α,β-unsaturated/α-hetero) is 2. The predicted molar refractivity (Wildman–Crippen MR) is 168 cm³/mol. The van der Waals surface area contributed by atoms with Crippen LogP contribution in [0.4, 0.5) is 9.59 Å². The molecule has 0 saturated carbocycles. The summed E-state index contributed by atoms with van der Waals surface area (Å²) in [5, 5.41) is 0. The van der Waals surface area contributed by atoms with Crippen LogP contribution in [0.25, 0.3) is 0 Å². The highest BCUT2D eigenvalue weighted by Gasteiger charge is 2.55. The molecule has 2 rings (SSSR count). The van der Waals surface area contributed by atoms with Crippen LogP contribution in [-0.2, 0) is 23.9 Å². The van der Waals surface area contributed by atoms with Crippen LogP contribution in [0.15, 0.2) is 50.6 Å². The molecule has 0 aromatic carbocycles. The number of likely N-dealkylation sites (tertiary alicyclic amines) is 2. The number of hydrogen-bond donors (Lipinski definition) is 0. The molecule has 0 aromatic rings. The number of amides is 3. The highest BCUT2D eigenvalue weighted by molar-refractivity contribution is 6.03. The van der Waals surface area contributed by atoms with Crippen molar-refractivity contribution in [3.63, 3.8) is 0 Å². The smallest absolute Gasteiger partial charge is 0.417 e. The summed E-state index contributed by atoms with van der Waals surface area (Å²) in [4.78, 5) is 63.9. The van der Waals surface area contributed by atoms with Gasteiger partial charge >= 0.3 is 12.2 Å². The molecule has 0 radical (unpaired) electrons. The molecule has 2 atom stereocenters. The second-order valence-electron chi connectivity index (χ2n) is 13.7. The molecule has 3 amide bonds.